The fourth-order valence-electron chi connectivity index (χ4n) is 2.69. The van der Waals surface area contributed by atoms with Crippen LogP contribution in [0.2, 0.25) is 0 Å². The van der Waals surface area contributed by atoms with Gasteiger partial charge in [0, 0.05) is 19.1 Å². The predicted molar refractivity (Wildman–Crippen MR) is 75.2 cm³/mol. The van der Waals surface area contributed by atoms with Gasteiger partial charge in [0.15, 0.2) is 0 Å². The van der Waals surface area contributed by atoms with Gasteiger partial charge >= 0.3 is 0 Å². The lowest BCUT2D eigenvalue weighted by molar-refractivity contribution is 0.338. The van der Waals surface area contributed by atoms with Gasteiger partial charge in [-0.2, -0.15) is 0 Å². The highest BCUT2D eigenvalue weighted by molar-refractivity contribution is 5.43. The van der Waals surface area contributed by atoms with E-state index in [0.717, 1.165) is 38.2 Å². The summed E-state index contributed by atoms with van der Waals surface area (Å²) >= 11 is 0. The first-order chi connectivity index (χ1) is 8.61. The number of nitrogens with two attached hydrogens (primary N) is 1. The average molecular weight is 248 g/mol. The van der Waals surface area contributed by atoms with E-state index in [1.165, 1.54) is 16.7 Å². The molecule has 3 heteroatoms. The number of methoxy groups -OCH3 is 1. The first kappa shape index (κ1) is 13.4. The van der Waals surface area contributed by atoms with Crippen LogP contribution in [0.25, 0.3) is 0 Å². The van der Waals surface area contributed by atoms with E-state index >= 15 is 0 Å². The van der Waals surface area contributed by atoms with Crippen LogP contribution >= 0.6 is 0 Å². The molecule has 1 aliphatic rings. The summed E-state index contributed by atoms with van der Waals surface area (Å²) in [6, 6.07) is 4.65. The standard InChI is InChI=1S/C15H24N2O/c1-11-12(2)15(18-3)5-4-13(11)6-8-17-9-7-14(16)10-17/h4-5,14H,6-10,16H2,1-3H3/t14-/m1/s1. The molecule has 0 aliphatic carbocycles. The smallest absolute Gasteiger partial charge is 0.122 e. The maximum Gasteiger partial charge on any atom is 0.122 e. The van der Waals surface area contributed by atoms with E-state index in [-0.39, 0.29) is 0 Å². The van der Waals surface area contributed by atoms with Gasteiger partial charge in [-0.3, -0.25) is 0 Å². The van der Waals surface area contributed by atoms with Crippen LogP contribution in [0.3, 0.4) is 0 Å². The molecule has 1 aliphatic heterocycles. The van der Waals surface area contributed by atoms with Crippen molar-refractivity contribution < 1.29 is 4.74 Å². The van der Waals surface area contributed by atoms with E-state index in [1.54, 1.807) is 7.11 Å². The number of hydrogen-bond donors (Lipinski definition) is 1. The van der Waals surface area contributed by atoms with Crippen LogP contribution in [-0.2, 0) is 6.42 Å². The highest BCUT2D eigenvalue weighted by Gasteiger charge is 2.18. The molecule has 0 bridgehead atoms. The van der Waals surface area contributed by atoms with Crippen LogP contribution in [0.4, 0.5) is 0 Å². The Kier molecular flexibility index (Phi) is 4.25. The minimum atomic E-state index is 0.378. The third-order valence-corrected chi connectivity index (χ3v) is 4.08. The minimum Gasteiger partial charge on any atom is -0.496 e. The second kappa shape index (κ2) is 5.72. The molecule has 0 unspecified atom stereocenters. The lowest BCUT2D eigenvalue weighted by atomic mass is 10.00. The minimum absolute atomic E-state index is 0.378. The van der Waals surface area contributed by atoms with Crippen molar-refractivity contribution in [2.45, 2.75) is 32.7 Å². The molecule has 1 fully saturated rings. The largest absolute Gasteiger partial charge is 0.496 e. The maximum absolute atomic E-state index is 5.93. The van der Waals surface area contributed by atoms with Gasteiger partial charge in [-0.15, -0.1) is 0 Å². The van der Waals surface area contributed by atoms with Crippen molar-refractivity contribution in [3.8, 4) is 5.75 Å². The Morgan fingerprint density at radius 3 is 2.72 bits per heavy atom. The Bertz CT molecular complexity index is 417. The summed E-state index contributed by atoms with van der Waals surface area (Å²) in [5, 5.41) is 0. The molecule has 1 aromatic rings. The first-order valence-corrected chi connectivity index (χ1v) is 6.73. The molecule has 0 spiro atoms. The number of benzene rings is 1. The number of ether oxygens (including phenoxy) is 1. The van der Waals surface area contributed by atoms with Crippen LogP contribution in [0.5, 0.6) is 5.75 Å². The molecule has 0 saturated carbocycles. The number of hydrogen-bond acceptors (Lipinski definition) is 3. The van der Waals surface area contributed by atoms with Gasteiger partial charge in [0.05, 0.1) is 7.11 Å². The van der Waals surface area contributed by atoms with E-state index in [2.05, 4.69) is 30.9 Å². The summed E-state index contributed by atoms with van der Waals surface area (Å²) < 4.78 is 5.35. The van der Waals surface area contributed by atoms with E-state index in [9.17, 15) is 0 Å². The van der Waals surface area contributed by atoms with Crippen molar-refractivity contribution in [2.24, 2.45) is 5.73 Å². The molecule has 1 saturated heterocycles. The van der Waals surface area contributed by atoms with Gasteiger partial charge < -0.3 is 15.4 Å². The van der Waals surface area contributed by atoms with Crippen molar-refractivity contribution >= 4 is 0 Å². The molecule has 100 valence electrons. The Morgan fingerprint density at radius 1 is 1.33 bits per heavy atom. The summed E-state index contributed by atoms with van der Waals surface area (Å²) in [4.78, 5) is 2.46. The molecule has 1 heterocycles. The van der Waals surface area contributed by atoms with Crippen molar-refractivity contribution in [1.82, 2.24) is 4.90 Å². The number of nitrogens with zero attached hydrogens (tertiary/aromatic N) is 1. The second-order valence-electron chi connectivity index (χ2n) is 5.28. The highest BCUT2D eigenvalue weighted by atomic mass is 16.5. The van der Waals surface area contributed by atoms with E-state index in [4.69, 9.17) is 10.5 Å². The summed E-state index contributed by atoms with van der Waals surface area (Å²) in [5.74, 6) is 0.986. The Labute approximate surface area is 110 Å². The summed E-state index contributed by atoms with van der Waals surface area (Å²) in [7, 11) is 1.73. The zero-order chi connectivity index (χ0) is 13.1. The molecule has 3 nitrogen and oxygen atoms in total. The highest BCUT2D eigenvalue weighted by Crippen LogP contribution is 2.24. The van der Waals surface area contributed by atoms with Crippen LogP contribution in [0, 0.1) is 13.8 Å². The fraction of sp³-hybridized carbons (Fsp3) is 0.600. The zero-order valence-electron chi connectivity index (χ0n) is 11.7. The van der Waals surface area contributed by atoms with Crippen LogP contribution in [0.15, 0.2) is 12.1 Å². The normalized spacial score (nSPS) is 20.3. The molecule has 1 atom stereocenters. The molecule has 18 heavy (non-hydrogen) atoms. The number of rotatable bonds is 4. The molecule has 0 radical (unpaired) electrons. The third-order valence-electron chi connectivity index (χ3n) is 4.08. The monoisotopic (exact) mass is 248 g/mol. The molecule has 0 amide bonds. The third kappa shape index (κ3) is 2.85. The predicted octanol–water partition coefficient (Wildman–Crippen LogP) is 1.89. The quantitative estimate of drug-likeness (QED) is 0.884. The van der Waals surface area contributed by atoms with Gasteiger partial charge in [-0.1, -0.05) is 6.07 Å². The van der Waals surface area contributed by atoms with Crippen LogP contribution in [-0.4, -0.2) is 37.7 Å². The lowest BCUT2D eigenvalue weighted by Crippen LogP contribution is -2.28. The van der Waals surface area contributed by atoms with Gasteiger partial charge in [0.2, 0.25) is 0 Å². The van der Waals surface area contributed by atoms with Crippen LogP contribution in [0.1, 0.15) is 23.1 Å². The Balaban J connectivity index is 1.99. The summed E-state index contributed by atoms with van der Waals surface area (Å²) in [5.41, 5.74) is 9.97. The van der Waals surface area contributed by atoms with Crippen molar-refractivity contribution in [1.29, 1.82) is 0 Å². The molecule has 2 rings (SSSR count). The lowest BCUT2D eigenvalue weighted by Gasteiger charge is -2.17. The Morgan fingerprint density at radius 2 is 2.11 bits per heavy atom. The molecule has 0 aromatic heterocycles. The van der Waals surface area contributed by atoms with Gasteiger partial charge in [0.1, 0.15) is 5.75 Å². The molecule has 1 aromatic carbocycles. The van der Waals surface area contributed by atoms with Gasteiger partial charge in [0.25, 0.3) is 0 Å². The SMILES string of the molecule is COc1ccc(CCN2CC[C@@H](N)C2)c(C)c1C. The summed E-state index contributed by atoms with van der Waals surface area (Å²) in [6.07, 6.45) is 2.24. The Hall–Kier alpha value is -1.06. The van der Waals surface area contributed by atoms with Gasteiger partial charge in [-0.25, -0.2) is 0 Å². The molecular formula is C15H24N2O. The zero-order valence-corrected chi connectivity index (χ0v) is 11.7. The average Bonchev–Trinajstić information content (AvgIpc) is 2.77. The van der Waals surface area contributed by atoms with Gasteiger partial charge in [-0.05, 0) is 56.0 Å². The van der Waals surface area contributed by atoms with Crippen LogP contribution < -0.4 is 10.5 Å². The van der Waals surface area contributed by atoms with E-state index in [1.807, 2.05) is 0 Å². The van der Waals surface area contributed by atoms with E-state index in [0.29, 0.717) is 6.04 Å². The van der Waals surface area contributed by atoms with Crippen molar-refractivity contribution in [3.63, 3.8) is 0 Å². The maximum atomic E-state index is 5.93. The number of likely N-dealkylation sites (tertiary alicyclic amines) is 1. The van der Waals surface area contributed by atoms with Crippen molar-refractivity contribution in [2.75, 3.05) is 26.7 Å². The molecule has 2 N–H and O–H groups in total. The van der Waals surface area contributed by atoms with E-state index < -0.39 is 0 Å². The molecular weight excluding hydrogens is 224 g/mol. The fourth-order valence-corrected chi connectivity index (χ4v) is 2.69. The first-order valence-electron chi connectivity index (χ1n) is 6.73. The van der Waals surface area contributed by atoms with Crippen molar-refractivity contribution in [3.05, 3.63) is 28.8 Å². The second-order valence-corrected chi connectivity index (χ2v) is 5.28. The summed E-state index contributed by atoms with van der Waals surface area (Å²) in [6.45, 7) is 7.62. The topological polar surface area (TPSA) is 38.5 Å².